The summed E-state index contributed by atoms with van der Waals surface area (Å²) in [6, 6.07) is 14.0. The number of ether oxygens (including phenoxy) is 1. The normalized spacial score (nSPS) is 14.7. The molecule has 0 unspecified atom stereocenters. The van der Waals surface area contributed by atoms with Gasteiger partial charge in [0.1, 0.15) is 5.75 Å². The molecule has 7 heteroatoms. The van der Waals surface area contributed by atoms with Crippen molar-refractivity contribution in [3.8, 4) is 5.75 Å². The van der Waals surface area contributed by atoms with Gasteiger partial charge in [-0.15, -0.1) is 0 Å². The summed E-state index contributed by atoms with van der Waals surface area (Å²) in [4.78, 5) is 28.4. The molecule has 3 rings (SSSR count). The molecule has 2 aromatic rings. The Bertz CT molecular complexity index is 843. The van der Waals surface area contributed by atoms with E-state index in [1.165, 1.54) is 0 Å². The number of para-hydroxylation sites is 2. The lowest BCUT2D eigenvalue weighted by Gasteiger charge is -2.35. The van der Waals surface area contributed by atoms with E-state index >= 15 is 0 Å². The molecule has 1 heterocycles. The van der Waals surface area contributed by atoms with Gasteiger partial charge in [-0.2, -0.15) is 0 Å². The molecular formula is C22H27N3O4. The number of nitrogens with one attached hydrogen (secondary N) is 1. The molecule has 1 saturated heterocycles. The SMILES string of the molecule is CC(C)OC(=O)c1ccc(NC(=O)CN2CCN(c3ccccc3O)CC2)cc1. The van der Waals surface area contributed by atoms with Gasteiger partial charge in [0.05, 0.1) is 23.9 Å². The lowest BCUT2D eigenvalue weighted by molar-refractivity contribution is -0.117. The molecule has 1 fully saturated rings. The van der Waals surface area contributed by atoms with Gasteiger partial charge in [-0.25, -0.2) is 4.79 Å². The minimum absolute atomic E-state index is 0.0986. The highest BCUT2D eigenvalue weighted by Crippen LogP contribution is 2.27. The molecule has 0 radical (unpaired) electrons. The number of piperazine rings is 1. The molecule has 1 amide bonds. The van der Waals surface area contributed by atoms with Crippen molar-refractivity contribution in [1.29, 1.82) is 0 Å². The Balaban J connectivity index is 1.47. The first-order chi connectivity index (χ1) is 13.9. The summed E-state index contributed by atoms with van der Waals surface area (Å²) in [5, 5.41) is 12.8. The van der Waals surface area contributed by atoms with E-state index in [4.69, 9.17) is 4.74 Å². The topological polar surface area (TPSA) is 82.1 Å². The molecule has 0 atom stereocenters. The minimum atomic E-state index is -0.375. The zero-order valence-corrected chi connectivity index (χ0v) is 16.8. The zero-order chi connectivity index (χ0) is 20.8. The second kappa shape index (κ2) is 9.43. The molecule has 0 spiro atoms. The maximum atomic E-state index is 12.4. The van der Waals surface area contributed by atoms with Gasteiger partial charge in [0, 0.05) is 31.9 Å². The van der Waals surface area contributed by atoms with Crippen LogP contribution in [0.3, 0.4) is 0 Å². The van der Waals surface area contributed by atoms with Crippen molar-refractivity contribution in [2.75, 3.05) is 42.9 Å². The van der Waals surface area contributed by atoms with Crippen LogP contribution in [0, 0.1) is 0 Å². The van der Waals surface area contributed by atoms with Crippen molar-refractivity contribution >= 4 is 23.3 Å². The molecule has 154 valence electrons. The number of carbonyl (C=O) groups excluding carboxylic acids is 2. The zero-order valence-electron chi connectivity index (χ0n) is 16.8. The van der Waals surface area contributed by atoms with Crippen molar-refractivity contribution < 1.29 is 19.4 Å². The van der Waals surface area contributed by atoms with Crippen LogP contribution in [0.25, 0.3) is 0 Å². The van der Waals surface area contributed by atoms with Gasteiger partial charge >= 0.3 is 5.97 Å². The van der Waals surface area contributed by atoms with Crippen LogP contribution in [0.1, 0.15) is 24.2 Å². The Morgan fingerprint density at radius 2 is 1.69 bits per heavy atom. The largest absolute Gasteiger partial charge is 0.506 e. The number of esters is 1. The first-order valence-electron chi connectivity index (χ1n) is 9.78. The average molecular weight is 397 g/mol. The summed E-state index contributed by atoms with van der Waals surface area (Å²) in [7, 11) is 0. The summed E-state index contributed by atoms with van der Waals surface area (Å²) < 4.78 is 5.15. The van der Waals surface area contributed by atoms with Gasteiger partial charge in [-0.1, -0.05) is 12.1 Å². The summed E-state index contributed by atoms with van der Waals surface area (Å²) in [6.07, 6.45) is -0.173. The molecule has 0 saturated carbocycles. The number of phenols is 1. The van der Waals surface area contributed by atoms with Crippen LogP contribution in [0.5, 0.6) is 5.75 Å². The summed E-state index contributed by atoms with van der Waals surface area (Å²) in [5.74, 6) is -0.196. The predicted octanol–water partition coefficient (Wildman–Crippen LogP) is 2.72. The fraction of sp³-hybridized carbons (Fsp3) is 0.364. The maximum Gasteiger partial charge on any atom is 0.338 e. The third-order valence-electron chi connectivity index (χ3n) is 4.71. The Morgan fingerprint density at radius 1 is 1.03 bits per heavy atom. The minimum Gasteiger partial charge on any atom is -0.506 e. The molecule has 29 heavy (non-hydrogen) atoms. The van der Waals surface area contributed by atoms with Crippen LogP contribution >= 0.6 is 0 Å². The van der Waals surface area contributed by atoms with E-state index in [0.29, 0.717) is 17.8 Å². The number of hydrogen-bond acceptors (Lipinski definition) is 6. The Kier molecular flexibility index (Phi) is 6.72. The van der Waals surface area contributed by atoms with Gasteiger partial charge < -0.3 is 20.1 Å². The standard InChI is InChI=1S/C22H27N3O4/c1-16(2)29-22(28)17-7-9-18(10-8-17)23-21(27)15-24-11-13-25(14-12-24)19-5-3-4-6-20(19)26/h3-10,16,26H,11-15H2,1-2H3,(H,23,27). The first kappa shape index (κ1) is 20.7. The number of benzene rings is 2. The van der Waals surface area contributed by atoms with Crippen LogP contribution in [-0.2, 0) is 9.53 Å². The summed E-state index contributed by atoms with van der Waals surface area (Å²) in [6.45, 7) is 6.87. The quantitative estimate of drug-likeness (QED) is 0.730. The van der Waals surface area contributed by atoms with Gasteiger partial charge in [0.15, 0.2) is 0 Å². The Labute approximate surface area is 170 Å². The van der Waals surface area contributed by atoms with E-state index in [9.17, 15) is 14.7 Å². The van der Waals surface area contributed by atoms with E-state index in [1.54, 1.807) is 50.2 Å². The number of aromatic hydroxyl groups is 1. The number of rotatable bonds is 6. The van der Waals surface area contributed by atoms with Crippen molar-refractivity contribution in [2.45, 2.75) is 20.0 Å². The molecule has 0 aliphatic carbocycles. The first-order valence-corrected chi connectivity index (χ1v) is 9.78. The number of hydrogen-bond donors (Lipinski definition) is 2. The van der Waals surface area contributed by atoms with Gasteiger partial charge in [-0.05, 0) is 50.2 Å². The van der Waals surface area contributed by atoms with E-state index in [2.05, 4.69) is 15.1 Å². The second-order valence-corrected chi connectivity index (χ2v) is 7.33. The molecule has 2 aromatic carbocycles. The van der Waals surface area contributed by atoms with E-state index in [-0.39, 0.29) is 23.7 Å². The van der Waals surface area contributed by atoms with Crippen molar-refractivity contribution in [3.63, 3.8) is 0 Å². The fourth-order valence-corrected chi connectivity index (χ4v) is 3.25. The lowest BCUT2D eigenvalue weighted by Crippen LogP contribution is -2.48. The highest BCUT2D eigenvalue weighted by Gasteiger charge is 2.20. The third kappa shape index (κ3) is 5.71. The van der Waals surface area contributed by atoms with E-state index < -0.39 is 0 Å². The molecule has 2 N–H and O–H groups in total. The molecule has 0 bridgehead atoms. The third-order valence-corrected chi connectivity index (χ3v) is 4.71. The average Bonchev–Trinajstić information content (AvgIpc) is 2.69. The van der Waals surface area contributed by atoms with Gasteiger partial charge in [0.2, 0.25) is 5.91 Å². The summed E-state index contributed by atoms with van der Waals surface area (Å²) >= 11 is 0. The van der Waals surface area contributed by atoms with Gasteiger partial charge in [0.25, 0.3) is 0 Å². The highest BCUT2D eigenvalue weighted by molar-refractivity contribution is 5.94. The van der Waals surface area contributed by atoms with Crippen LogP contribution in [0.4, 0.5) is 11.4 Å². The molecule has 1 aliphatic heterocycles. The van der Waals surface area contributed by atoms with Crippen LogP contribution in [0.2, 0.25) is 0 Å². The monoisotopic (exact) mass is 397 g/mol. The number of phenolic OH excluding ortho intramolecular Hbond substituents is 1. The van der Waals surface area contributed by atoms with Crippen LogP contribution in [-0.4, -0.2) is 60.7 Å². The maximum absolute atomic E-state index is 12.4. The second-order valence-electron chi connectivity index (χ2n) is 7.33. The van der Waals surface area contributed by atoms with Crippen LogP contribution < -0.4 is 10.2 Å². The smallest absolute Gasteiger partial charge is 0.338 e. The summed E-state index contributed by atoms with van der Waals surface area (Å²) in [5.41, 5.74) is 1.92. The predicted molar refractivity (Wildman–Crippen MR) is 112 cm³/mol. The number of carbonyl (C=O) groups is 2. The molecule has 7 nitrogen and oxygen atoms in total. The lowest BCUT2D eigenvalue weighted by atomic mass is 10.2. The Hall–Kier alpha value is -3.06. The molecule has 0 aromatic heterocycles. The van der Waals surface area contributed by atoms with Crippen molar-refractivity contribution in [1.82, 2.24) is 4.90 Å². The van der Waals surface area contributed by atoms with Crippen molar-refractivity contribution in [2.24, 2.45) is 0 Å². The van der Waals surface area contributed by atoms with E-state index in [1.807, 2.05) is 12.1 Å². The fourth-order valence-electron chi connectivity index (χ4n) is 3.25. The van der Waals surface area contributed by atoms with E-state index in [0.717, 1.165) is 31.9 Å². The van der Waals surface area contributed by atoms with Gasteiger partial charge in [-0.3, -0.25) is 9.69 Å². The van der Waals surface area contributed by atoms with Crippen molar-refractivity contribution in [3.05, 3.63) is 54.1 Å². The van der Waals surface area contributed by atoms with Crippen LogP contribution in [0.15, 0.2) is 48.5 Å². The highest BCUT2D eigenvalue weighted by atomic mass is 16.5. The number of anilines is 2. The number of amides is 1. The molecular weight excluding hydrogens is 370 g/mol. The molecule has 1 aliphatic rings. The number of nitrogens with zero attached hydrogens (tertiary/aromatic N) is 2. The Morgan fingerprint density at radius 3 is 2.31 bits per heavy atom.